The van der Waals surface area contributed by atoms with Crippen molar-refractivity contribution in [3.63, 3.8) is 0 Å². The van der Waals surface area contributed by atoms with E-state index in [0.717, 1.165) is 41.2 Å². The first-order valence-corrected chi connectivity index (χ1v) is 13.6. The maximum Gasteiger partial charge on any atom is 0.235 e. The van der Waals surface area contributed by atoms with Crippen LogP contribution in [0.25, 0.3) is 71.7 Å². The lowest BCUT2D eigenvalue weighted by Gasteiger charge is -2.20. The normalized spacial score (nSPS) is 12.7. The van der Waals surface area contributed by atoms with Crippen molar-refractivity contribution in [2.24, 2.45) is 0 Å². The molecule has 0 N–H and O–H groups in total. The molecular formula is C35H24N4. The summed E-state index contributed by atoms with van der Waals surface area (Å²) >= 11 is 0. The van der Waals surface area contributed by atoms with Crippen molar-refractivity contribution in [3.05, 3.63) is 114 Å². The number of para-hydroxylation sites is 2. The number of nitrogens with zero attached hydrogens (tertiary/aromatic N) is 4. The molecule has 9 rings (SSSR count). The highest BCUT2D eigenvalue weighted by Gasteiger charge is 2.23. The van der Waals surface area contributed by atoms with Crippen LogP contribution in [0.4, 0.5) is 0 Å². The molecule has 0 bridgehead atoms. The van der Waals surface area contributed by atoms with Crippen LogP contribution in [0.15, 0.2) is 103 Å². The van der Waals surface area contributed by atoms with Crippen molar-refractivity contribution in [2.45, 2.75) is 19.9 Å². The third-order valence-corrected chi connectivity index (χ3v) is 8.53. The predicted molar refractivity (Wildman–Crippen MR) is 161 cm³/mol. The Hall–Kier alpha value is -4.96. The maximum absolute atomic E-state index is 5.33. The van der Waals surface area contributed by atoms with Crippen LogP contribution >= 0.6 is 0 Å². The van der Waals surface area contributed by atoms with Gasteiger partial charge in [-0.1, -0.05) is 72.8 Å². The Morgan fingerprint density at radius 1 is 0.615 bits per heavy atom. The van der Waals surface area contributed by atoms with E-state index in [9.17, 15) is 0 Å². The molecule has 1 aliphatic rings. The zero-order chi connectivity index (χ0) is 25.7. The van der Waals surface area contributed by atoms with E-state index in [2.05, 4.69) is 119 Å². The summed E-state index contributed by atoms with van der Waals surface area (Å²) in [6.07, 6.45) is 0.915. The number of rotatable bonds is 2. The molecule has 3 heterocycles. The maximum atomic E-state index is 5.33. The molecule has 3 aromatic heterocycles. The van der Waals surface area contributed by atoms with Gasteiger partial charge in [-0.25, -0.2) is 9.97 Å². The number of aromatic nitrogens is 4. The summed E-state index contributed by atoms with van der Waals surface area (Å²) in [5.41, 5.74) is 10.6. The molecule has 0 aliphatic heterocycles. The van der Waals surface area contributed by atoms with E-state index in [1.54, 1.807) is 0 Å². The smallest absolute Gasteiger partial charge is 0.235 e. The topological polar surface area (TPSA) is 35.6 Å². The van der Waals surface area contributed by atoms with Gasteiger partial charge >= 0.3 is 0 Å². The van der Waals surface area contributed by atoms with Crippen molar-refractivity contribution in [1.29, 1.82) is 0 Å². The average Bonchev–Trinajstić information content (AvgIpc) is 3.48. The molecule has 0 saturated heterocycles. The lowest BCUT2D eigenvalue weighted by Crippen LogP contribution is -2.08. The van der Waals surface area contributed by atoms with Gasteiger partial charge in [0.25, 0.3) is 0 Å². The predicted octanol–water partition coefficient (Wildman–Crippen LogP) is 8.43. The van der Waals surface area contributed by atoms with Crippen LogP contribution in [0.5, 0.6) is 0 Å². The molecule has 0 fully saturated rings. The lowest BCUT2D eigenvalue weighted by molar-refractivity contribution is 0.827. The van der Waals surface area contributed by atoms with Gasteiger partial charge in [0.2, 0.25) is 5.95 Å². The number of benzene rings is 5. The Labute approximate surface area is 224 Å². The molecule has 1 aliphatic carbocycles. The summed E-state index contributed by atoms with van der Waals surface area (Å²) in [5, 5.41) is 6.20. The van der Waals surface area contributed by atoms with E-state index in [4.69, 9.17) is 9.97 Å². The van der Waals surface area contributed by atoms with Crippen LogP contribution in [0.1, 0.15) is 18.1 Å². The van der Waals surface area contributed by atoms with Crippen LogP contribution < -0.4 is 0 Å². The van der Waals surface area contributed by atoms with Gasteiger partial charge in [-0.2, -0.15) is 0 Å². The fourth-order valence-corrected chi connectivity index (χ4v) is 6.86. The number of aryl methyl sites for hydroxylation is 1. The number of hydrogen-bond acceptors (Lipinski definition) is 2. The second-order valence-electron chi connectivity index (χ2n) is 10.5. The van der Waals surface area contributed by atoms with E-state index in [1.165, 1.54) is 54.7 Å². The zero-order valence-electron chi connectivity index (χ0n) is 21.5. The van der Waals surface area contributed by atoms with Gasteiger partial charge in [-0.05, 0) is 54.8 Å². The Kier molecular flexibility index (Phi) is 4.07. The minimum atomic E-state index is 0.719. The number of fused-ring (bicyclic) bond motifs is 8. The summed E-state index contributed by atoms with van der Waals surface area (Å²) in [7, 11) is 0. The van der Waals surface area contributed by atoms with Crippen LogP contribution in [-0.4, -0.2) is 19.1 Å². The SMILES string of the molecule is CCn1c2ccccc2c2cc3c4ccccc4n(-c4nc5c6c(cccc6n4)Cc4ccccc4-5)c3cc21. The van der Waals surface area contributed by atoms with Gasteiger partial charge in [0.15, 0.2) is 0 Å². The van der Waals surface area contributed by atoms with Crippen LogP contribution in [-0.2, 0) is 13.0 Å². The molecule has 0 saturated carbocycles. The molecule has 184 valence electrons. The number of hydrogen-bond donors (Lipinski definition) is 0. The zero-order valence-corrected chi connectivity index (χ0v) is 21.5. The highest BCUT2D eigenvalue weighted by Crippen LogP contribution is 2.41. The van der Waals surface area contributed by atoms with Crippen molar-refractivity contribution >= 4 is 54.5 Å². The summed E-state index contributed by atoms with van der Waals surface area (Å²) in [6, 6.07) is 37.2. The molecular weight excluding hydrogens is 476 g/mol. The quantitative estimate of drug-likeness (QED) is 0.239. The molecule has 39 heavy (non-hydrogen) atoms. The van der Waals surface area contributed by atoms with Gasteiger partial charge in [0.05, 0.1) is 27.8 Å². The van der Waals surface area contributed by atoms with Crippen molar-refractivity contribution in [2.75, 3.05) is 0 Å². The third kappa shape index (κ3) is 2.73. The van der Waals surface area contributed by atoms with E-state index < -0.39 is 0 Å². The van der Waals surface area contributed by atoms with Gasteiger partial charge in [0, 0.05) is 44.6 Å². The lowest BCUT2D eigenvalue weighted by atomic mass is 9.88. The second-order valence-corrected chi connectivity index (χ2v) is 10.5. The highest BCUT2D eigenvalue weighted by molar-refractivity contribution is 6.18. The third-order valence-electron chi connectivity index (χ3n) is 8.53. The minimum absolute atomic E-state index is 0.719. The van der Waals surface area contributed by atoms with Crippen LogP contribution in [0, 0.1) is 0 Å². The fraction of sp³-hybridized carbons (Fsp3) is 0.0857. The highest BCUT2D eigenvalue weighted by atomic mass is 15.2. The summed E-state index contributed by atoms with van der Waals surface area (Å²) in [4.78, 5) is 10.5. The molecule has 0 radical (unpaired) electrons. The van der Waals surface area contributed by atoms with Gasteiger partial charge < -0.3 is 4.57 Å². The minimum Gasteiger partial charge on any atom is -0.341 e. The van der Waals surface area contributed by atoms with E-state index in [1.807, 2.05) is 0 Å². The van der Waals surface area contributed by atoms with Crippen molar-refractivity contribution in [1.82, 2.24) is 19.1 Å². The first-order chi connectivity index (χ1) is 19.3. The summed E-state index contributed by atoms with van der Waals surface area (Å²) in [5.74, 6) is 0.719. The average molecular weight is 501 g/mol. The molecule has 0 amide bonds. The first-order valence-electron chi connectivity index (χ1n) is 13.6. The largest absolute Gasteiger partial charge is 0.341 e. The summed E-state index contributed by atoms with van der Waals surface area (Å²) in [6.45, 7) is 3.13. The van der Waals surface area contributed by atoms with E-state index in [-0.39, 0.29) is 0 Å². The van der Waals surface area contributed by atoms with Gasteiger partial charge in [0.1, 0.15) is 0 Å². The van der Waals surface area contributed by atoms with Crippen LogP contribution in [0.3, 0.4) is 0 Å². The Balaban J connectivity index is 1.44. The van der Waals surface area contributed by atoms with Gasteiger partial charge in [-0.15, -0.1) is 0 Å². The molecule has 5 aromatic carbocycles. The first kappa shape index (κ1) is 21.0. The Morgan fingerprint density at radius 2 is 1.33 bits per heavy atom. The molecule has 0 atom stereocenters. The Morgan fingerprint density at radius 3 is 2.21 bits per heavy atom. The fourth-order valence-electron chi connectivity index (χ4n) is 6.86. The molecule has 8 aromatic rings. The monoisotopic (exact) mass is 500 g/mol. The van der Waals surface area contributed by atoms with Gasteiger partial charge in [-0.3, -0.25) is 4.57 Å². The molecule has 4 heteroatoms. The summed E-state index contributed by atoms with van der Waals surface area (Å²) < 4.78 is 4.68. The molecule has 4 nitrogen and oxygen atoms in total. The van der Waals surface area contributed by atoms with Crippen molar-refractivity contribution < 1.29 is 0 Å². The van der Waals surface area contributed by atoms with E-state index in [0.29, 0.717) is 0 Å². The van der Waals surface area contributed by atoms with Crippen molar-refractivity contribution in [3.8, 4) is 17.2 Å². The van der Waals surface area contributed by atoms with Crippen LogP contribution in [0.2, 0.25) is 0 Å². The van der Waals surface area contributed by atoms with E-state index >= 15 is 0 Å². The Bertz CT molecular complexity index is 2300. The molecule has 0 unspecified atom stereocenters. The standard InChI is InChI=1S/C35H24N4/c1-2-38-29-16-7-5-13-24(29)26-19-27-25-14-6-8-17-30(25)39(32(27)20-31(26)38)35-36-28-15-9-11-22-18-21-10-3-4-12-23(21)34(37-35)33(22)28/h3-17,19-20H,2,18H2,1H3. The molecule has 0 spiro atoms. The second kappa shape index (κ2) is 7.55.